The van der Waals surface area contributed by atoms with Crippen LogP contribution in [0.25, 0.3) is 0 Å². The van der Waals surface area contributed by atoms with E-state index in [0.717, 1.165) is 5.56 Å². The average molecular weight is 250 g/mol. The van der Waals surface area contributed by atoms with Crippen LogP contribution in [0.1, 0.15) is 19.4 Å². The Morgan fingerprint density at radius 2 is 1.83 bits per heavy atom. The van der Waals surface area contributed by atoms with Crippen LogP contribution in [0.15, 0.2) is 24.3 Å². The zero-order valence-electron chi connectivity index (χ0n) is 10.5. The number of benzene rings is 1. The molecule has 0 aliphatic rings. The molecule has 0 spiro atoms. The Morgan fingerprint density at radius 3 is 2.28 bits per heavy atom. The molecule has 0 saturated carbocycles. The number of nitrogen functional groups attached to an aromatic ring is 1. The lowest BCUT2D eigenvalue weighted by Gasteiger charge is -2.17. The van der Waals surface area contributed by atoms with E-state index in [-0.39, 0.29) is 18.2 Å². The number of aliphatic carboxylic acids is 1. The van der Waals surface area contributed by atoms with Gasteiger partial charge in [0.25, 0.3) is 0 Å². The molecule has 4 N–H and O–H groups in total. The molecule has 1 aromatic rings. The third-order valence-corrected chi connectivity index (χ3v) is 2.59. The van der Waals surface area contributed by atoms with Gasteiger partial charge < -0.3 is 16.2 Å². The molecular formula is C13H18N2O3. The van der Waals surface area contributed by atoms with Crippen molar-refractivity contribution in [2.75, 3.05) is 5.73 Å². The molecule has 0 heterocycles. The Labute approximate surface area is 106 Å². The second-order valence-electron chi connectivity index (χ2n) is 4.55. The Balaban J connectivity index is 2.60. The lowest BCUT2D eigenvalue weighted by atomic mass is 10.0. The summed E-state index contributed by atoms with van der Waals surface area (Å²) in [4.78, 5) is 22.7. The van der Waals surface area contributed by atoms with Gasteiger partial charge in [0.05, 0.1) is 6.42 Å². The molecule has 0 unspecified atom stereocenters. The molecule has 5 heteroatoms. The zero-order valence-corrected chi connectivity index (χ0v) is 10.5. The van der Waals surface area contributed by atoms with E-state index in [1.165, 1.54) is 0 Å². The van der Waals surface area contributed by atoms with Crippen molar-refractivity contribution in [2.45, 2.75) is 26.3 Å². The summed E-state index contributed by atoms with van der Waals surface area (Å²) in [7, 11) is 0. The highest BCUT2D eigenvalue weighted by Crippen LogP contribution is 2.07. The van der Waals surface area contributed by atoms with Crippen LogP contribution in [-0.2, 0) is 16.0 Å². The van der Waals surface area contributed by atoms with Crippen molar-refractivity contribution in [1.29, 1.82) is 0 Å². The summed E-state index contributed by atoms with van der Waals surface area (Å²) in [5, 5.41) is 11.5. The molecule has 0 fully saturated rings. The maximum Gasteiger partial charge on any atom is 0.326 e. The molecule has 0 aromatic heterocycles. The van der Waals surface area contributed by atoms with Gasteiger partial charge in [0.2, 0.25) is 5.91 Å². The number of nitrogens with one attached hydrogen (secondary N) is 1. The van der Waals surface area contributed by atoms with E-state index in [0.29, 0.717) is 5.69 Å². The fraction of sp³-hybridized carbons (Fsp3) is 0.385. The highest BCUT2D eigenvalue weighted by molar-refractivity contribution is 5.85. The third kappa shape index (κ3) is 4.08. The summed E-state index contributed by atoms with van der Waals surface area (Å²) in [6, 6.07) is 6.06. The number of anilines is 1. The Kier molecular flexibility index (Phi) is 4.71. The van der Waals surface area contributed by atoms with E-state index in [2.05, 4.69) is 5.32 Å². The van der Waals surface area contributed by atoms with E-state index in [1.54, 1.807) is 38.1 Å². The fourth-order valence-electron chi connectivity index (χ4n) is 1.56. The number of hydrogen-bond acceptors (Lipinski definition) is 3. The van der Waals surface area contributed by atoms with Crippen molar-refractivity contribution in [3.8, 4) is 0 Å². The molecule has 1 rings (SSSR count). The van der Waals surface area contributed by atoms with Crippen LogP contribution < -0.4 is 11.1 Å². The summed E-state index contributed by atoms with van der Waals surface area (Å²) < 4.78 is 0. The zero-order chi connectivity index (χ0) is 13.7. The second kappa shape index (κ2) is 6.05. The molecule has 0 bridgehead atoms. The summed E-state index contributed by atoms with van der Waals surface area (Å²) in [6.07, 6.45) is 0.150. The molecule has 0 radical (unpaired) electrons. The van der Waals surface area contributed by atoms with Crippen molar-refractivity contribution in [1.82, 2.24) is 5.32 Å². The molecule has 18 heavy (non-hydrogen) atoms. The van der Waals surface area contributed by atoms with E-state index in [9.17, 15) is 9.59 Å². The maximum atomic E-state index is 11.7. The average Bonchev–Trinajstić information content (AvgIpc) is 2.28. The van der Waals surface area contributed by atoms with E-state index in [1.807, 2.05) is 0 Å². The molecule has 0 saturated heterocycles. The number of carboxylic acid groups (broad SMARTS) is 1. The summed E-state index contributed by atoms with van der Waals surface area (Å²) in [5.41, 5.74) is 6.97. The Hall–Kier alpha value is -2.04. The van der Waals surface area contributed by atoms with Gasteiger partial charge in [-0.15, -0.1) is 0 Å². The number of carbonyl (C=O) groups is 2. The topological polar surface area (TPSA) is 92.4 Å². The smallest absolute Gasteiger partial charge is 0.326 e. The minimum absolute atomic E-state index is 0.150. The van der Waals surface area contributed by atoms with Crippen LogP contribution in [0, 0.1) is 5.92 Å². The molecule has 1 amide bonds. The first-order valence-corrected chi connectivity index (χ1v) is 5.76. The van der Waals surface area contributed by atoms with E-state index >= 15 is 0 Å². The highest BCUT2D eigenvalue weighted by Gasteiger charge is 2.23. The predicted molar refractivity (Wildman–Crippen MR) is 69.0 cm³/mol. The summed E-state index contributed by atoms with van der Waals surface area (Å²) in [5.74, 6) is -1.48. The van der Waals surface area contributed by atoms with Gasteiger partial charge >= 0.3 is 5.97 Å². The number of nitrogens with two attached hydrogens (primary N) is 1. The van der Waals surface area contributed by atoms with Crippen molar-refractivity contribution in [2.24, 2.45) is 5.92 Å². The van der Waals surface area contributed by atoms with E-state index in [4.69, 9.17) is 10.8 Å². The minimum atomic E-state index is -1.02. The SMILES string of the molecule is CC(C)[C@H](NC(=O)Cc1ccc(N)cc1)C(=O)O. The molecule has 0 aliphatic carbocycles. The van der Waals surface area contributed by atoms with Gasteiger partial charge in [-0.1, -0.05) is 26.0 Å². The van der Waals surface area contributed by atoms with Crippen molar-refractivity contribution >= 4 is 17.6 Å². The molecule has 1 aromatic carbocycles. The van der Waals surface area contributed by atoms with Gasteiger partial charge in [-0.05, 0) is 23.6 Å². The van der Waals surface area contributed by atoms with Gasteiger partial charge in [0.15, 0.2) is 0 Å². The standard InChI is InChI=1S/C13H18N2O3/c1-8(2)12(13(17)18)15-11(16)7-9-3-5-10(14)6-4-9/h3-6,8,12H,7,14H2,1-2H3,(H,15,16)(H,17,18)/t12-/m0/s1. The van der Waals surface area contributed by atoms with Gasteiger partial charge in [-0.25, -0.2) is 4.79 Å². The number of hydrogen-bond donors (Lipinski definition) is 3. The van der Waals surface area contributed by atoms with Gasteiger partial charge in [0.1, 0.15) is 6.04 Å². The maximum absolute atomic E-state index is 11.7. The fourth-order valence-corrected chi connectivity index (χ4v) is 1.56. The molecule has 0 aliphatic heterocycles. The lowest BCUT2D eigenvalue weighted by Crippen LogP contribution is -2.44. The predicted octanol–water partition coefficient (Wildman–Crippen LogP) is 1.04. The van der Waals surface area contributed by atoms with Crippen molar-refractivity contribution < 1.29 is 14.7 Å². The second-order valence-corrected chi connectivity index (χ2v) is 4.55. The van der Waals surface area contributed by atoms with Crippen molar-refractivity contribution in [3.05, 3.63) is 29.8 Å². The largest absolute Gasteiger partial charge is 0.480 e. The van der Waals surface area contributed by atoms with Crippen LogP contribution in [-0.4, -0.2) is 23.0 Å². The normalized spacial score (nSPS) is 12.2. The minimum Gasteiger partial charge on any atom is -0.480 e. The number of amides is 1. The molecule has 1 atom stereocenters. The lowest BCUT2D eigenvalue weighted by molar-refractivity contribution is -0.143. The van der Waals surface area contributed by atoms with Crippen LogP contribution in [0.5, 0.6) is 0 Å². The highest BCUT2D eigenvalue weighted by atomic mass is 16.4. The Morgan fingerprint density at radius 1 is 1.28 bits per heavy atom. The first-order chi connectivity index (χ1) is 8.40. The summed E-state index contributed by atoms with van der Waals surface area (Å²) >= 11 is 0. The van der Waals surface area contributed by atoms with Gasteiger partial charge in [-0.3, -0.25) is 4.79 Å². The molecule has 98 valence electrons. The van der Waals surface area contributed by atoms with Gasteiger partial charge in [0, 0.05) is 5.69 Å². The number of carboxylic acids is 1. The van der Waals surface area contributed by atoms with Crippen LogP contribution in [0.4, 0.5) is 5.69 Å². The summed E-state index contributed by atoms with van der Waals surface area (Å²) in [6.45, 7) is 3.50. The molecular weight excluding hydrogens is 232 g/mol. The number of carbonyl (C=O) groups excluding carboxylic acids is 1. The first kappa shape index (κ1) is 14.0. The quantitative estimate of drug-likeness (QED) is 0.681. The first-order valence-electron chi connectivity index (χ1n) is 5.76. The van der Waals surface area contributed by atoms with Crippen LogP contribution >= 0.6 is 0 Å². The monoisotopic (exact) mass is 250 g/mol. The van der Waals surface area contributed by atoms with Crippen LogP contribution in [0.3, 0.4) is 0 Å². The molecule has 5 nitrogen and oxygen atoms in total. The Bertz CT molecular complexity index is 426. The van der Waals surface area contributed by atoms with Gasteiger partial charge in [-0.2, -0.15) is 0 Å². The van der Waals surface area contributed by atoms with Crippen LogP contribution in [0.2, 0.25) is 0 Å². The van der Waals surface area contributed by atoms with Crippen molar-refractivity contribution in [3.63, 3.8) is 0 Å². The third-order valence-electron chi connectivity index (χ3n) is 2.59. The van der Waals surface area contributed by atoms with E-state index < -0.39 is 12.0 Å². The number of rotatable bonds is 5.